The first-order valence-corrected chi connectivity index (χ1v) is 12.5. The average molecular weight is 508 g/mol. The number of hydrogen-bond acceptors (Lipinski definition) is 4. The Morgan fingerprint density at radius 2 is 1.89 bits per heavy atom. The number of fused-ring (bicyclic) bond motifs is 2. The second kappa shape index (κ2) is 10.9. The summed E-state index contributed by atoms with van der Waals surface area (Å²) in [5.74, 6) is 1.16. The molecule has 6 nitrogen and oxygen atoms in total. The molecule has 0 unspecified atom stereocenters. The molecule has 190 valence electrons. The zero-order chi connectivity index (χ0) is 24.5. The molecule has 2 aliphatic rings. The number of methoxy groups -OCH3 is 1. The van der Waals surface area contributed by atoms with Gasteiger partial charge in [0, 0.05) is 11.3 Å². The van der Waals surface area contributed by atoms with Crippen LogP contribution in [0.15, 0.2) is 54.6 Å². The minimum Gasteiger partial charge on any atom is -0.496 e. The first-order valence-electron chi connectivity index (χ1n) is 12.5. The summed E-state index contributed by atoms with van der Waals surface area (Å²) in [5, 5.41) is 8.18. The second-order valence-corrected chi connectivity index (χ2v) is 9.66. The van der Waals surface area contributed by atoms with Crippen molar-refractivity contribution in [3.63, 3.8) is 0 Å². The van der Waals surface area contributed by atoms with E-state index in [-0.39, 0.29) is 30.3 Å². The predicted molar refractivity (Wildman–Crippen MR) is 146 cm³/mol. The standard InChI is InChI=1S/C29H33N3O3.ClH/c1-18(30-2)28(33)31-25-14-11-20-6-4-5-7-26(20)32(29(25)34)17-24-23-13-10-21(19-8-9-19)16-22(23)12-15-27(24)35-3;/h4-7,10,12-13,15-16,18-19,25,30H,8-9,11,14,17H2,1-3H3,(H,31,33);1H/t18-,25-;/m0./s1. The van der Waals surface area contributed by atoms with Crippen LogP contribution < -0.4 is 20.3 Å². The predicted octanol–water partition coefficient (Wildman–Crippen LogP) is 4.72. The molecule has 2 N–H and O–H groups in total. The monoisotopic (exact) mass is 507 g/mol. The largest absolute Gasteiger partial charge is 0.496 e. The fourth-order valence-corrected chi connectivity index (χ4v) is 5.02. The molecule has 0 bridgehead atoms. The third-order valence-electron chi connectivity index (χ3n) is 7.39. The van der Waals surface area contributed by atoms with Gasteiger partial charge in [-0.1, -0.05) is 42.5 Å². The Bertz CT molecular complexity index is 1270. The summed E-state index contributed by atoms with van der Waals surface area (Å²) < 4.78 is 5.76. The van der Waals surface area contributed by atoms with Crippen molar-refractivity contribution in [1.82, 2.24) is 10.6 Å². The highest BCUT2D eigenvalue weighted by molar-refractivity contribution is 6.01. The van der Waals surface area contributed by atoms with Crippen LogP contribution in [-0.4, -0.2) is 38.1 Å². The summed E-state index contributed by atoms with van der Waals surface area (Å²) in [4.78, 5) is 28.4. The van der Waals surface area contributed by atoms with Gasteiger partial charge in [-0.2, -0.15) is 0 Å². The lowest BCUT2D eigenvalue weighted by atomic mass is 9.98. The van der Waals surface area contributed by atoms with Gasteiger partial charge in [0.15, 0.2) is 0 Å². The number of anilines is 1. The molecule has 3 aromatic rings. The number of amides is 2. The fourth-order valence-electron chi connectivity index (χ4n) is 5.02. The summed E-state index contributed by atoms with van der Waals surface area (Å²) in [7, 11) is 3.41. The summed E-state index contributed by atoms with van der Waals surface area (Å²) >= 11 is 0. The van der Waals surface area contributed by atoms with E-state index in [2.05, 4.69) is 41.0 Å². The van der Waals surface area contributed by atoms with Crippen LogP contribution in [0.4, 0.5) is 5.69 Å². The van der Waals surface area contributed by atoms with Gasteiger partial charge < -0.3 is 20.3 Å². The molecule has 0 saturated heterocycles. The van der Waals surface area contributed by atoms with Crippen LogP contribution in [-0.2, 0) is 22.6 Å². The van der Waals surface area contributed by atoms with Crippen molar-refractivity contribution in [2.24, 2.45) is 0 Å². The van der Waals surface area contributed by atoms with Crippen LogP contribution >= 0.6 is 12.4 Å². The zero-order valence-electron chi connectivity index (χ0n) is 21.0. The van der Waals surface area contributed by atoms with Crippen molar-refractivity contribution in [3.8, 4) is 5.75 Å². The van der Waals surface area contributed by atoms with Crippen molar-refractivity contribution < 1.29 is 14.3 Å². The van der Waals surface area contributed by atoms with Gasteiger partial charge in [-0.05, 0) is 79.6 Å². The molecule has 0 spiro atoms. The average Bonchev–Trinajstić information content (AvgIpc) is 3.74. The Morgan fingerprint density at radius 1 is 1.11 bits per heavy atom. The number of hydrogen-bond donors (Lipinski definition) is 2. The number of nitrogens with zero attached hydrogens (tertiary/aromatic N) is 1. The van der Waals surface area contributed by atoms with Crippen molar-refractivity contribution in [1.29, 1.82) is 0 Å². The number of nitrogens with one attached hydrogen (secondary N) is 2. The SMILES string of the molecule is CN[C@@H](C)C(=O)N[C@H]1CCc2ccccc2N(Cc2c(OC)ccc3cc(C4CC4)ccc23)C1=O.Cl. The van der Waals surface area contributed by atoms with Crippen LogP contribution in [0.3, 0.4) is 0 Å². The molecule has 0 radical (unpaired) electrons. The number of carbonyl (C=O) groups excluding carboxylic acids is 2. The Kier molecular flexibility index (Phi) is 7.86. The fraction of sp³-hybridized carbons (Fsp3) is 0.379. The van der Waals surface area contributed by atoms with Gasteiger partial charge >= 0.3 is 0 Å². The maximum Gasteiger partial charge on any atom is 0.249 e. The van der Waals surface area contributed by atoms with Gasteiger partial charge in [-0.3, -0.25) is 9.59 Å². The van der Waals surface area contributed by atoms with Gasteiger partial charge in [0.25, 0.3) is 0 Å². The lowest BCUT2D eigenvalue weighted by Crippen LogP contribution is -2.52. The van der Waals surface area contributed by atoms with E-state index in [1.165, 1.54) is 18.4 Å². The highest BCUT2D eigenvalue weighted by Crippen LogP contribution is 2.42. The van der Waals surface area contributed by atoms with E-state index in [4.69, 9.17) is 4.74 Å². The Morgan fingerprint density at radius 3 is 2.61 bits per heavy atom. The van der Waals surface area contributed by atoms with Crippen molar-refractivity contribution >= 4 is 40.7 Å². The van der Waals surface area contributed by atoms with Gasteiger partial charge in [0.2, 0.25) is 11.8 Å². The Balaban J connectivity index is 0.00000304. The number of carbonyl (C=O) groups is 2. The van der Waals surface area contributed by atoms with Crippen LogP contribution in [0.2, 0.25) is 0 Å². The van der Waals surface area contributed by atoms with E-state index >= 15 is 0 Å². The first kappa shape index (κ1) is 26.0. The minimum atomic E-state index is -0.590. The van der Waals surface area contributed by atoms with Gasteiger partial charge in [0.1, 0.15) is 11.8 Å². The number of benzene rings is 3. The molecule has 7 heteroatoms. The lowest BCUT2D eigenvalue weighted by Gasteiger charge is -2.28. The molecule has 1 saturated carbocycles. The van der Waals surface area contributed by atoms with Crippen LogP contribution in [0.5, 0.6) is 5.75 Å². The van der Waals surface area contributed by atoms with E-state index in [1.807, 2.05) is 29.2 Å². The summed E-state index contributed by atoms with van der Waals surface area (Å²) in [6, 6.07) is 17.8. The molecule has 3 aromatic carbocycles. The van der Waals surface area contributed by atoms with E-state index in [9.17, 15) is 9.59 Å². The van der Waals surface area contributed by atoms with Crippen LogP contribution in [0, 0.1) is 0 Å². The maximum absolute atomic E-state index is 13.9. The summed E-state index contributed by atoms with van der Waals surface area (Å²) in [5.41, 5.74) is 4.36. The molecule has 2 amide bonds. The molecular weight excluding hydrogens is 474 g/mol. The highest BCUT2D eigenvalue weighted by atomic mass is 35.5. The van der Waals surface area contributed by atoms with Crippen molar-refractivity contribution in [2.45, 2.75) is 57.2 Å². The number of likely N-dealkylation sites (N-methyl/N-ethyl adjacent to an activating group) is 1. The maximum atomic E-state index is 13.9. The number of ether oxygens (including phenoxy) is 1. The summed E-state index contributed by atoms with van der Waals surface area (Å²) in [6.45, 7) is 2.16. The normalized spacial score (nSPS) is 18.1. The Labute approximate surface area is 218 Å². The molecule has 1 heterocycles. The van der Waals surface area contributed by atoms with E-state index in [0.717, 1.165) is 33.3 Å². The summed E-state index contributed by atoms with van der Waals surface area (Å²) in [6.07, 6.45) is 3.79. The van der Waals surface area contributed by atoms with Crippen LogP contribution in [0.1, 0.15) is 48.8 Å². The van der Waals surface area contributed by atoms with E-state index < -0.39 is 6.04 Å². The van der Waals surface area contributed by atoms with E-state index in [0.29, 0.717) is 25.3 Å². The molecule has 5 rings (SSSR count). The highest BCUT2D eigenvalue weighted by Gasteiger charge is 2.33. The topological polar surface area (TPSA) is 70.7 Å². The minimum absolute atomic E-state index is 0. The van der Waals surface area contributed by atoms with Crippen molar-refractivity contribution in [3.05, 3.63) is 71.3 Å². The molecule has 0 aromatic heterocycles. The lowest BCUT2D eigenvalue weighted by molar-refractivity contribution is -0.128. The number of halogens is 1. The van der Waals surface area contributed by atoms with Gasteiger partial charge in [-0.15, -0.1) is 12.4 Å². The quantitative estimate of drug-likeness (QED) is 0.485. The number of rotatable bonds is 7. The second-order valence-electron chi connectivity index (χ2n) is 9.66. The van der Waals surface area contributed by atoms with Crippen LogP contribution in [0.25, 0.3) is 10.8 Å². The Hall–Kier alpha value is -3.09. The molecule has 2 atom stereocenters. The number of aryl methyl sites for hydroxylation is 1. The van der Waals surface area contributed by atoms with Gasteiger partial charge in [0.05, 0.1) is 19.7 Å². The molecule has 36 heavy (non-hydrogen) atoms. The molecule has 1 aliphatic carbocycles. The smallest absolute Gasteiger partial charge is 0.249 e. The third kappa shape index (κ3) is 5.06. The third-order valence-corrected chi connectivity index (χ3v) is 7.39. The molecule has 1 fully saturated rings. The molecule has 1 aliphatic heterocycles. The zero-order valence-corrected chi connectivity index (χ0v) is 21.9. The molecular formula is C29H34ClN3O3. The van der Waals surface area contributed by atoms with Gasteiger partial charge in [-0.25, -0.2) is 0 Å². The van der Waals surface area contributed by atoms with E-state index in [1.54, 1.807) is 21.1 Å². The number of para-hydroxylation sites is 1. The first-order chi connectivity index (χ1) is 17.0. The van der Waals surface area contributed by atoms with Crippen molar-refractivity contribution in [2.75, 3.05) is 19.1 Å².